The quantitative estimate of drug-likeness (QED) is 0.698. The van der Waals surface area contributed by atoms with E-state index in [-0.39, 0.29) is 5.15 Å². The van der Waals surface area contributed by atoms with E-state index in [4.69, 9.17) is 11.6 Å². The van der Waals surface area contributed by atoms with E-state index in [9.17, 15) is 4.39 Å². The number of rotatable bonds is 1. The molecule has 0 aliphatic rings. The number of halogens is 2. The zero-order valence-corrected chi connectivity index (χ0v) is 8.66. The molecule has 76 valence electrons. The van der Waals surface area contributed by atoms with Gasteiger partial charge in [0.15, 0.2) is 16.8 Å². The minimum Gasteiger partial charge on any atom is -0.241 e. The Hall–Kier alpha value is -1.55. The van der Waals surface area contributed by atoms with Gasteiger partial charge in [0.25, 0.3) is 0 Å². The molecule has 0 amide bonds. The van der Waals surface area contributed by atoms with Gasteiger partial charge < -0.3 is 0 Å². The molecular formula is C10H7ClFN3. The molecule has 0 atom stereocenters. The SMILES string of the molecule is Cc1cnc(-c2cnc(Cl)c(F)c2)nc1. The second kappa shape index (κ2) is 3.90. The molecule has 2 aromatic rings. The second-order valence-electron chi connectivity index (χ2n) is 3.08. The number of hydrogen-bond acceptors (Lipinski definition) is 3. The average molecular weight is 224 g/mol. The van der Waals surface area contributed by atoms with Crippen molar-refractivity contribution in [3.05, 3.63) is 41.2 Å². The van der Waals surface area contributed by atoms with Crippen LogP contribution in [0.25, 0.3) is 11.4 Å². The van der Waals surface area contributed by atoms with Gasteiger partial charge in [-0.3, -0.25) is 0 Å². The van der Waals surface area contributed by atoms with Crippen molar-refractivity contribution in [3.63, 3.8) is 0 Å². The first-order valence-corrected chi connectivity index (χ1v) is 4.64. The van der Waals surface area contributed by atoms with Crippen LogP contribution in [0.3, 0.4) is 0 Å². The third kappa shape index (κ3) is 2.10. The molecule has 0 bridgehead atoms. The van der Waals surface area contributed by atoms with Crippen molar-refractivity contribution in [3.8, 4) is 11.4 Å². The Morgan fingerprint density at radius 2 is 1.80 bits per heavy atom. The summed E-state index contributed by atoms with van der Waals surface area (Å²) in [6, 6.07) is 1.26. The van der Waals surface area contributed by atoms with Gasteiger partial charge in [-0.15, -0.1) is 0 Å². The molecule has 0 aromatic carbocycles. The summed E-state index contributed by atoms with van der Waals surface area (Å²) in [4.78, 5) is 11.8. The fraction of sp³-hybridized carbons (Fsp3) is 0.100. The molecule has 2 rings (SSSR count). The summed E-state index contributed by atoms with van der Waals surface area (Å²) in [7, 11) is 0. The third-order valence-corrected chi connectivity index (χ3v) is 2.11. The molecule has 2 aromatic heterocycles. The lowest BCUT2D eigenvalue weighted by Crippen LogP contribution is -1.91. The fourth-order valence-electron chi connectivity index (χ4n) is 1.09. The lowest BCUT2D eigenvalue weighted by atomic mass is 10.2. The first kappa shape index (κ1) is 9.98. The van der Waals surface area contributed by atoms with E-state index in [2.05, 4.69) is 15.0 Å². The van der Waals surface area contributed by atoms with Gasteiger partial charge in [0.2, 0.25) is 0 Å². The number of aromatic nitrogens is 3. The Bertz CT molecular complexity index is 485. The Balaban J connectivity index is 2.45. The molecule has 0 unspecified atom stereocenters. The van der Waals surface area contributed by atoms with Gasteiger partial charge in [-0.2, -0.15) is 0 Å². The van der Waals surface area contributed by atoms with Crippen LogP contribution in [0.4, 0.5) is 4.39 Å². The first-order valence-electron chi connectivity index (χ1n) is 4.27. The highest BCUT2D eigenvalue weighted by Gasteiger charge is 2.06. The minimum atomic E-state index is -0.571. The minimum absolute atomic E-state index is 0.147. The number of pyridine rings is 1. The van der Waals surface area contributed by atoms with Gasteiger partial charge in [0.1, 0.15) is 0 Å². The summed E-state index contributed by atoms with van der Waals surface area (Å²) in [5, 5.41) is -0.147. The molecule has 0 saturated carbocycles. The van der Waals surface area contributed by atoms with Crippen LogP contribution in [-0.2, 0) is 0 Å². The van der Waals surface area contributed by atoms with Crippen LogP contribution in [0.15, 0.2) is 24.7 Å². The monoisotopic (exact) mass is 223 g/mol. The van der Waals surface area contributed by atoms with Crippen LogP contribution in [0.5, 0.6) is 0 Å². The van der Waals surface area contributed by atoms with Gasteiger partial charge in [-0.25, -0.2) is 19.3 Å². The van der Waals surface area contributed by atoms with Gasteiger partial charge >= 0.3 is 0 Å². The molecule has 0 spiro atoms. The molecule has 2 heterocycles. The predicted molar refractivity (Wildman–Crippen MR) is 55.0 cm³/mol. The van der Waals surface area contributed by atoms with Crippen molar-refractivity contribution in [2.24, 2.45) is 0 Å². The summed E-state index contributed by atoms with van der Waals surface area (Å²) in [5.74, 6) is -0.137. The van der Waals surface area contributed by atoms with E-state index in [0.29, 0.717) is 11.4 Å². The lowest BCUT2D eigenvalue weighted by molar-refractivity contribution is 0.622. The van der Waals surface area contributed by atoms with Crippen molar-refractivity contribution in [2.45, 2.75) is 6.92 Å². The maximum atomic E-state index is 13.1. The highest BCUT2D eigenvalue weighted by molar-refractivity contribution is 6.29. The summed E-state index contributed by atoms with van der Waals surface area (Å²) >= 11 is 5.47. The van der Waals surface area contributed by atoms with E-state index < -0.39 is 5.82 Å². The zero-order valence-electron chi connectivity index (χ0n) is 7.91. The molecule has 15 heavy (non-hydrogen) atoms. The summed E-state index contributed by atoms with van der Waals surface area (Å²) in [5.41, 5.74) is 1.46. The van der Waals surface area contributed by atoms with Crippen LogP contribution >= 0.6 is 11.6 Å². The smallest absolute Gasteiger partial charge is 0.164 e. The number of nitrogens with zero attached hydrogens (tertiary/aromatic N) is 3. The van der Waals surface area contributed by atoms with Crippen molar-refractivity contribution >= 4 is 11.6 Å². The van der Waals surface area contributed by atoms with Crippen LogP contribution in [-0.4, -0.2) is 15.0 Å². The standard InChI is InChI=1S/C10H7ClFN3/c1-6-3-14-10(15-4-6)7-2-8(12)9(11)13-5-7/h2-5H,1H3. The zero-order chi connectivity index (χ0) is 10.8. The highest BCUT2D eigenvalue weighted by Crippen LogP contribution is 2.18. The largest absolute Gasteiger partial charge is 0.241 e. The van der Waals surface area contributed by atoms with Crippen LogP contribution in [0.2, 0.25) is 5.15 Å². The van der Waals surface area contributed by atoms with Crippen molar-refractivity contribution in [1.29, 1.82) is 0 Å². The summed E-state index contributed by atoms with van der Waals surface area (Å²) in [6.45, 7) is 1.88. The van der Waals surface area contributed by atoms with Crippen molar-refractivity contribution in [1.82, 2.24) is 15.0 Å². The molecule has 0 aliphatic carbocycles. The second-order valence-corrected chi connectivity index (χ2v) is 3.44. The molecule has 0 saturated heterocycles. The summed E-state index contributed by atoms with van der Waals surface area (Å²) in [6.07, 6.45) is 4.76. The van der Waals surface area contributed by atoms with Crippen LogP contribution < -0.4 is 0 Å². The van der Waals surface area contributed by atoms with E-state index in [1.165, 1.54) is 12.3 Å². The fourth-order valence-corrected chi connectivity index (χ4v) is 1.19. The van der Waals surface area contributed by atoms with E-state index in [0.717, 1.165) is 5.56 Å². The Morgan fingerprint density at radius 1 is 1.13 bits per heavy atom. The number of aryl methyl sites for hydroxylation is 1. The maximum Gasteiger partial charge on any atom is 0.164 e. The molecule has 5 heteroatoms. The van der Waals surface area contributed by atoms with Crippen molar-refractivity contribution in [2.75, 3.05) is 0 Å². The average Bonchev–Trinajstić information content (AvgIpc) is 2.23. The molecular weight excluding hydrogens is 217 g/mol. The molecule has 0 fully saturated rings. The van der Waals surface area contributed by atoms with E-state index in [1.54, 1.807) is 12.4 Å². The third-order valence-electron chi connectivity index (χ3n) is 1.84. The first-order chi connectivity index (χ1) is 7.16. The van der Waals surface area contributed by atoms with Gasteiger partial charge in [-0.05, 0) is 18.6 Å². The predicted octanol–water partition coefficient (Wildman–Crippen LogP) is 2.64. The Kier molecular flexibility index (Phi) is 2.60. The van der Waals surface area contributed by atoms with Gasteiger partial charge in [0, 0.05) is 24.2 Å². The molecule has 0 aliphatic heterocycles. The normalized spacial score (nSPS) is 10.3. The van der Waals surface area contributed by atoms with E-state index >= 15 is 0 Å². The highest BCUT2D eigenvalue weighted by atomic mass is 35.5. The molecule has 3 nitrogen and oxygen atoms in total. The number of hydrogen-bond donors (Lipinski definition) is 0. The van der Waals surface area contributed by atoms with E-state index in [1.807, 2.05) is 6.92 Å². The topological polar surface area (TPSA) is 38.7 Å². The van der Waals surface area contributed by atoms with Crippen LogP contribution in [0.1, 0.15) is 5.56 Å². The molecule has 0 radical (unpaired) electrons. The van der Waals surface area contributed by atoms with Gasteiger partial charge in [0.05, 0.1) is 0 Å². The van der Waals surface area contributed by atoms with Gasteiger partial charge in [-0.1, -0.05) is 11.6 Å². The Morgan fingerprint density at radius 3 is 2.40 bits per heavy atom. The lowest BCUT2D eigenvalue weighted by Gasteiger charge is -2.00. The molecule has 0 N–H and O–H groups in total. The summed E-state index contributed by atoms with van der Waals surface area (Å²) < 4.78 is 13.1. The van der Waals surface area contributed by atoms with Crippen molar-refractivity contribution < 1.29 is 4.39 Å². The van der Waals surface area contributed by atoms with Crippen LogP contribution in [0, 0.1) is 12.7 Å². The Labute approximate surface area is 91.0 Å². The maximum absolute atomic E-state index is 13.1.